The molecule has 31 heteroatoms. The molecule has 13 N–H and O–H groups in total. The van der Waals surface area contributed by atoms with E-state index < -0.39 is 0 Å². The summed E-state index contributed by atoms with van der Waals surface area (Å²) in [4.78, 5) is 59.5. The molecule has 0 unspecified atom stereocenters. The van der Waals surface area contributed by atoms with Gasteiger partial charge in [-0.3, -0.25) is 9.59 Å². The number of amides is 1. The molecule has 12 aromatic rings. The van der Waals surface area contributed by atoms with Crippen LogP contribution in [0, 0.1) is 0 Å². The van der Waals surface area contributed by atoms with Crippen molar-refractivity contribution in [2.24, 2.45) is 0 Å². The van der Waals surface area contributed by atoms with Crippen LogP contribution in [0.15, 0.2) is 183 Å². The minimum Gasteiger partial charge on any atom is -0.497 e. The Kier molecular flexibility index (Phi) is 24.3. The van der Waals surface area contributed by atoms with Crippen molar-refractivity contribution in [3.05, 3.63) is 199 Å². The van der Waals surface area contributed by atoms with Crippen molar-refractivity contribution < 1.29 is 23.8 Å². The number of carbonyl (C=O) groups excluding carboxylic acids is 2. The number of hydrogen-bond donors (Lipinski definition) is 9. The Labute approximate surface area is 577 Å². The molecule has 4 aromatic carbocycles. The lowest BCUT2D eigenvalue weighted by atomic mass is 9.82. The van der Waals surface area contributed by atoms with E-state index in [1.54, 1.807) is 131 Å². The highest BCUT2D eigenvalue weighted by Gasteiger charge is 2.22. The second-order valence-corrected chi connectivity index (χ2v) is 22.3. The fourth-order valence-corrected chi connectivity index (χ4v) is 9.40. The third kappa shape index (κ3) is 18.9. The molecule has 0 saturated heterocycles. The number of anilines is 12. The topological polar surface area (TPSA) is 404 Å². The van der Waals surface area contributed by atoms with Gasteiger partial charge in [0.1, 0.15) is 17.2 Å². The molecular formula is C69H80N26O5. The monoisotopic (exact) mass is 1350 g/mol. The summed E-state index contributed by atoms with van der Waals surface area (Å²) >= 11 is 0. The van der Waals surface area contributed by atoms with Crippen LogP contribution in [-0.2, 0) is 5.41 Å². The fourth-order valence-electron chi connectivity index (χ4n) is 9.40. The maximum absolute atomic E-state index is 12.3. The highest BCUT2D eigenvalue weighted by molar-refractivity contribution is 5.95. The molecule has 0 atom stereocenters. The summed E-state index contributed by atoms with van der Waals surface area (Å²) in [6, 6.07) is 47.6. The number of benzene rings is 4. The zero-order valence-electron chi connectivity index (χ0n) is 56.8. The number of nitrogen functional groups attached to an aromatic ring is 4. The van der Waals surface area contributed by atoms with Crippen LogP contribution < -0.4 is 63.7 Å². The predicted octanol–water partition coefficient (Wildman–Crippen LogP) is 9.94. The number of ketones is 1. The first-order valence-electron chi connectivity index (χ1n) is 31.7. The van der Waals surface area contributed by atoms with Gasteiger partial charge in [-0.05, 0) is 159 Å². The number of nitrogens with zero attached hydrogens (tertiary/aromatic N) is 17. The van der Waals surface area contributed by atoms with Crippen LogP contribution in [-0.4, -0.2) is 143 Å². The summed E-state index contributed by atoms with van der Waals surface area (Å²) in [6.07, 6.45) is 7.69. The van der Waals surface area contributed by atoms with Gasteiger partial charge < -0.3 is 68.6 Å². The number of pyridine rings is 4. The number of nitrogens with two attached hydrogens (primary N) is 4. The van der Waals surface area contributed by atoms with E-state index in [1.807, 2.05) is 60.7 Å². The van der Waals surface area contributed by atoms with Crippen molar-refractivity contribution >= 4 is 82.0 Å². The molecule has 0 fully saturated rings. The molecule has 0 aliphatic rings. The van der Waals surface area contributed by atoms with Gasteiger partial charge in [0.15, 0.2) is 29.1 Å². The fraction of sp³-hybridized carbons (Fsp3) is 0.217. The number of likely N-dealkylation sites (N-methyl/N-ethyl adjacent to an activating group) is 1. The summed E-state index contributed by atoms with van der Waals surface area (Å²) in [6.45, 7) is 15.8. The summed E-state index contributed by atoms with van der Waals surface area (Å²) in [7, 11) is 4.82. The molecule has 516 valence electrons. The van der Waals surface area contributed by atoms with Crippen molar-refractivity contribution in [3.63, 3.8) is 0 Å². The number of Topliss-reactive ketones (excluding diaryl/α,β-unsaturated/α-hetero) is 1. The van der Waals surface area contributed by atoms with Gasteiger partial charge in [0, 0.05) is 66.4 Å². The number of methoxy groups -OCH3 is 3. The summed E-state index contributed by atoms with van der Waals surface area (Å²) in [5, 5.41) is 32.7. The maximum Gasteiger partial charge on any atom is 0.251 e. The van der Waals surface area contributed by atoms with Crippen LogP contribution in [0.5, 0.6) is 17.2 Å². The maximum atomic E-state index is 12.3. The average molecular weight is 1350 g/mol. The molecule has 1 amide bonds. The van der Waals surface area contributed by atoms with Gasteiger partial charge in [-0.15, -0.1) is 20.4 Å². The Balaban J connectivity index is 0.000000156. The number of rotatable bonds is 24. The highest BCUT2D eigenvalue weighted by atomic mass is 16.5. The van der Waals surface area contributed by atoms with Crippen molar-refractivity contribution in [3.8, 4) is 40.5 Å². The predicted molar refractivity (Wildman–Crippen MR) is 386 cm³/mol. The van der Waals surface area contributed by atoms with Crippen LogP contribution in [0.2, 0.25) is 0 Å². The van der Waals surface area contributed by atoms with Gasteiger partial charge in [0.05, 0.1) is 32.7 Å². The number of ether oxygens (including phenoxy) is 3. The van der Waals surface area contributed by atoms with E-state index >= 15 is 0 Å². The van der Waals surface area contributed by atoms with E-state index in [-0.39, 0.29) is 40.9 Å². The van der Waals surface area contributed by atoms with Crippen LogP contribution in [0.3, 0.4) is 0 Å². The molecule has 0 radical (unpaired) electrons. The number of hydrogen-bond acceptors (Lipinski definition) is 26. The summed E-state index contributed by atoms with van der Waals surface area (Å²) in [5.41, 5.74) is 29.2. The van der Waals surface area contributed by atoms with Gasteiger partial charge in [-0.25, -0.2) is 19.9 Å². The van der Waals surface area contributed by atoms with Crippen LogP contribution in [0.25, 0.3) is 23.3 Å². The molecule has 100 heavy (non-hydrogen) atoms. The lowest BCUT2D eigenvalue weighted by Gasteiger charge is -2.24. The summed E-state index contributed by atoms with van der Waals surface area (Å²) in [5.74, 6) is 6.73. The minimum atomic E-state index is -0.0921. The molecule has 12 rings (SSSR count). The largest absolute Gasteiger partial charge is 0.497 e. The second kappa shape index (κ2) is 34.1. The molecule has 8 aromatic heterocycles. The first kappa shape index (κ1) is 71.2. The Hall–Kier alpha value is -13.1. The number of carbonyl (C=O) groups is 2. The first-order valence-corrected chi connectivity index (χ1v) is 31.7. The van der Waals surface area contributed by atoms with Crippen molar-refractivity contribution in [1.29, 1.82) is 0 Å². The lowest BCUT2D eigenvalue weighted by Crippen LogP contribution is -2.34. The Morgan fingerprint density at radius 1 is 0.470 bits per heavy atom. The molecule has 0 saturated carbocycles. The van der Waals surface area contributed by atoms with E-state index in [0.717, 1.165) is 43.1 Å². The van der Waals surface area contributed by atoms with Crippen LogP contribution >= 0.6 is 0 Å². The standard InChI is InChI=1S/C20H26N8O.C19H24N6O.C15H16N6O2.C15H14N6O/c1-3-27(4-2)14-13-23-18(29)15-8-10-16(11-9-15)24-20-25-19(21)28(26-20)17-7-5-6-12-22-17;1-5-19(2,3)13-9-10-15(26-4)14(12-13)22-18-23-17(20)25(24-18)16-8-6-7-11-21-16;1-22-10-6-7-12(23-2)11(9-10)18-15-19-14(16)21(20-15)13-5-3-4-8-17-13;1-10(22)11-5-7-12(8-6-11)18-15-19-14(16)21(20-15)13-4-2-3-9-17-13/h5-12H,3-4,13-14H2,1-2H3,(H,23,29)(H3,21,24,25,26);6-12H,5H2,1-4H3,(H3,20,22,23,24);3-9H,1-2H3,(H3,16,18,19,20);2-9H,1H3,(H3,16,18,19,20). The third-order valence-corrected chi connectivity index (χ3v) is 15.3. The Morgan fingerprint density at radius 3 is 1.20 bits per heavy atom. The Bertz CT molecular complexity index is 4570. The van der Waals surface area contributed by atoms with Crippen LogP contribution in [0.4, 0.5) is 70.3 Å². The number of nitrogens with one attached hydrogen (secondary N) is 5. The van der Waals surface area contributed by atoms with Crippen molar-refractivity contribution in [2.75, 3.05) is 91.7 Å². The molecule has 31 nitrogen and oxygen atoms in total. The first-order chi connectivity index (χ1) is 48.4. The van der Waals surface area contributed by atoms with E-state index in [1.165, 1.54) is 31.2 Å². The van der Waals surface area contributed by atoms with Gasteiger partial charge in [0.2, 0.25) is 47.6 Å². The Morgan fingerprint density at radius 2 is 0.850 bits per heavy atom. The molecule has 8 heterocycles. The van der Waals surface area contributed by atoms with Gasteiger partial charge in [-0.1, -0.05) is 65.0 Å². The molecule has 0 spiro atoms. The van der Waals surface area contributed by atoms with Crippen molar-refractivity contribution in [1.82, 2.24) is 89.2 Å². The molecular weight excluding hydrogens is 1270 g/mol. The lowest BCUT2D eigenvalue weighted by molar-refractivity contribution is 0.0948. The van der Waals surface area contributed by atoms with E-state index in [2.05, 4.69) is 139 Å². The van der Waals surface area contributed by atoms with Crippen LogP contribution in [0.1, 0.15) is 74.2 Å². The number of aromatic nitrogens is 16. The van der Waals surface area contributed by atoms with Gasteiger partial charge in [0.25, 0.3) is 5.91 Å². The van der Waals surface area contributed by atoms with E-state index in [9.17, 15) is 9.59 Å². The molecule has 0 bridgehead atoms. The SMILES string of the molecule is CC(=O)c1ccc(Nc2nc(N)n(-c3ccccn3)n2)cc1.CCC(C)(C)c1ccc(OC)c(Nc2nc(N)n(-c3ccccn3)n2)c1.CCN(CC)CCNC(=O)c1ccc(Nc2nc(N)n(-c3ccccn3)n2)cc1.COc1ccc(OC)c(Nc2nc(N)n(-c3ccccn3)n2)c1. The average Bonchev–Trinajstić information content (AvgIpc) is 1.50. The summed E-state index contributed by atoms with van der Waals surface area (Å²) < 4.78 is 21.9. The smallest absolute Gasteiger partial charge is 0.251 e. The van der Waals surface area contributed by atoms with E-state index in [0.29, 0.717) is 87.7 Å². The zero-order valence-corrected chi connectivity index (χ0v) is 56.8. The van der Waals surface area contributed by atoms with Gasteiger partial charge in [-0.2, -0.15) is 38.7 Å². The minimum absolute atomic E-state index is 0.0216. The quantitative estimate of drug-likeness (QED) is 0.0254. The van der Waals surface area contributed by atoms with E-state index in [4.69, 9.17) is 37.1 Å². The molecule has 0 aliphatic heterocycles. The van der Waals surface area contributed by atoms with Gasteiger partial charge >= 0.3 is 0 Å². The highest BCUT2D eigenvalue weighted by Crippen LogP contribution is 2.35. The zero-order chi connectivity index (χ0) is 71.1. The molecule has 0 aliphatic carbocycles. The van der Waals surface area contributed by atoms with Crippen molar-refractivity contribution in [2.45, 2.75) is 53.4 Å². The third-order valence-electron chi connectivity index (χ3n) is 15.3. The normalized spacial score (nSPS) is 10.8. The second-order valence-electron chi connectivity index (χ2n) is 22.3.